The summed E-state index contributed by atoms with van der Waals surface area (Å²) in [6.07, 6.45) is 2.15. The van der Waals surface area contributed by atoms with Gasteiger partial charge in [0, 0.05) is 11.1 Å². The molecule has 0 saturated heterocycles. The minimum absolute atomic E-state index is 0.238. The third-order valence-corrected chi connectivity index (χ3v) is 2.30. The number of hydrazine groups is 1. The number of rotatable bonds is 4. The quantitative estimate of drug-likeness (QED) is 0.577. The average Bonchev–Trinajstić information content (AvgIpc) is 2.16. The molecule has 0 aliphatic carbocycles. The lowest BCUT2D eigenvalue weighted by molar-refractivity contribution is 0.510. The van der Waals surface area contributed by atoms with Crippen molar-refractivity contribution in [3.63, 3.8) is 0 Å². The van der Waals surface area contributed by atoms with Gasteiger partial charge in [-0.3, -0.25) is 11.3 Å². The summed E-state index contributed by atoms with van der Waals surface area (Å²) in [6.45, 7) is 2.14. The van der Waals surface area contributed by atoms with Gasteiger partial charge in [0.25, 0.3) is 0 Å². The summed E-state index contributed by atoms with van der Waals surface area (Å²) in [6, 6.07) is 8.01. The summed E-state index contributed by atoms with van der Waals surface area (Å²) >= 11 is 5.78. The Kier molecular flexibility index (Phi) is 4.22. The van der Waals surface area contributed by atoms with Crippen LogP contribution in [0, 0.1) is 0 Å². The predicted molar refractivity (Wildman–Crippen MR) is 56.4 cm³/mol. The second-order valence-corrected chi connectivity index (χ2v) is 3.50. The molecule has 0 aromatic heterocycles. The smallest absolute Gasteiger partial charge is 0.0459 e. The van der Waals surface area contributed by atoms with E-state index in [0.29, 0.717) is 0 Å². The molecule has 0 amide bonds. The number of halogens is 1. The van der Waals surface area contributed by atoms with Crippen LogP contribution < -0.4 is 11.3 Å². The number of benzene rings is 1. The molecule has 3 heteroatoms. The van der Waals surface area contributed by atoms with Crippen molar-refractivity contribution >= 4 is 11.6 Å². The summed E-state index contributed by atoms with van der Waals surface area (Å²) in [7, 11) is 0. The van der Waals surface area contributed by atoms with Gasteiger partial charge in [0.05, 0.1) is 0 Å². The van der Waals surface area contributed by atoms with Crippen molar-refractivity contribution in [3.05, 3.63) is 34.9 Å². The Balaban J connectivity index is 2.73. The second-order valence-electron chi connectivity index (χ2n) is 3.06. The highest BCUT2D eigenvalue weighted by Crippen LogP contribution is 2.19. The zero-order valence-electron chi connectivity index (χ0n) is 7.76. The van der Waals surface area contributed by atoms with E-state index >= 15 is 0 Å². The van der Waals surface area contributed by atoms with E-state index < -0.39 is 0 Å². The summed E-state index contributed by atoms with van der Waals surface area (Å²) in [4.78, 5) is 0. The van der Waals surface area contributed by atoms with Crippen LogP contribution in [0.2, 0.25) is 5.02 Å². The highest BCUT2D eigenvalue weighted by atomic mass is 35.5. The van der Waals surface area contributed by atoms with Crippen LogP contribution in [0.3, 0.4) is 0 Å². The van der Waals surface area contributed by atoms with Crippen molar-refractivity contribution in [3.8, 4) is 0 Å². The molecule has 0 spiro atoms. The Morgan fingerprint density at radius 2 is 2.00 bits per heavy atom. The normalized spacial score (nSPS) is 12.8. The van der Waals surface area contributed by atoms with Crippen LogP contribution in [-0.4, -0.2) is 0 Å². The molecule has 0 radical (unpaired) electrons. The van der Waals surface area contributed by atoms with Gasteiger partial charge < -0.3 is 0 Å². The number of hydrogen-bond donors (Lipinski definition) is 2. The first-order valence-corrected chi connectivity index (χ1v) is 4.87. The van der Waals surface area contributed by atoms with Gasteiger partial charge in [-0.1, -0.05) is 37.1 Å². The minimum Gasteiger partial charge on any atom is -0.271 e. The lowest BCUT2D eigenvalue weighted by Crippen LogP contribution is -2.27. The molecular formula is C10H15ClN2. The lowest BCUT2D eigenvalue weighted by atomic mass is 10.0. The van der Waals surface area contributed by atoms with E-state index in [1.807, 2.05) is 24.3 Å². The third kappa shape index (κ3) is 2.99. The molecule has 0 aliphatic rings. The topological polar surface area (TPSA) is 38.0 Å². The first-order chi connectivity index (χ1) is 6.27. The first-order valence-electron chi connectivity index (χ1n) is 4.49. The molecular weight excluding hydrogens is 184 g/mol. The second kappa shape index (κ2) is 5.22. The van der Waals surface area contributed by atoms with Crippen molar-refractivity contribution in [1.82, 2.24) is 5.43 Å². The maximum atomic E-state index is 5.78. The van der Waals surface area contributed by atoms with Gasteiger partial charge in [-0.05, 0) is 24.1 Å². The van der Waals surface area contributed by atoms with Gasteiger partial charge in [0.2, 0.25) is 0 Å². The summed E-state index contributed by atoms with van der Waals surface area (Å²) in [5, 5.41) is 0.760. The molecule has 1 atom stereocenters. The van der Waals surface area contributed by atoms with E-state index in [0.717, 1.165) is 17.9 Å². The zero-order chi connectivity index (χ0) is 9.68. The van der Waals surface area contributed by atoms with Crippen LogP contribution >= 0.6 is 11.6 Å². The Labute approximate surface area is 84.1 Å². The van der Waals surface area contributed by atoms with Crippen LogP contribution in [0.25, 0.3) is 0 Å². The molecule has 0 aliphatic heterocycles. The third-order valence-electron chi connectivity index (χ3n) is 2.05. The largest absolute Gasteiger partial charge is 0.271 e. The lowest BCUT2D eigenvalue weighted by Gasteiger charge is -2.14. The fourth-order valence-electron chi connectivity index (χ4n) is 1.33. The van der Waals surface area contributed by atoms with Crippen LogP contribution in [0.15, 0.2) is 24.3 Å². The molecule has 0 heterocycles. The summed E-state index contributed by atoms with van der Waals surface area (Å²) in [5.74, 6) is 5.45. The Hall–Kier alpha value is -0.570. The molecule has 1 rings (SSSR count). The molecule has 3 N–H and O–H groups in total. The molecule has 1 aromatic rings. The first kappa shape index (κ1) is 10.5. The van der Waals surface area contributed by atoms with Crippen LogP contribution in [-0.2, 0) is 0 Å². The van der Waals surface area contributed by atoms with Gasteiger partial charge in [-0.25, -0.2) is 0 Å². The van der Waals surface area contributed by atoms with E-state index in [2.05, 4.69) is 12.3 Å². The number of nitrogens with one attached hydrogen (secondary N) is 1. The van der Waals surface area contributed by atoms with E-state index in [1.165, 1.54) is 5.56 Å². The van der Waals surface area contributed by atoms with E-state index in [4.69, 9.17) is 17.4 Å². The van der Waals surface area contributed by atoms with Crippen molar-refractivity contribution < 1.29 is 0 Å². The van der Waals surface area contributed by atoms with E-state index in [9.17, 15) is 0 Å². The van der Waals surface area contributed by atoms with E-state index in [-0.39, 0.29) is 6.04 Å². The molecule has 0 bridgehead atoms. The maximum Gasteiger partial charge on any atom is 0.0459 e. The van der Waals surface area contributed by atoms with E-state index in [1.54, 1.807) is 0 Å². The Morgan fingerprint density at radius 3 is 2.46 bits per heavy atom. The van der Waals surface area contributed by atoms with Gasteiger partial charge in [0.15, 0.2) is 0 Å². The van der Waals surface area contributed by atoms with Gasteiger partial charge in [-0.2, -0.15) is 0 Å². The fraction of sp³-hybridized carbons (Fsp3) is 0.400. The molecule has 0 unspecified atom stereocenters. The van der Waals surface area contributed by atoms with Gasteiger partial charge in [-0.15, -0.1) is 0 Å². The molecule has 0 fully saturated rings. The monoisotopic (exact) mass is 198 g/mol. The zero-order valence-corrected chi connectivity index (χ0v) is 8.51. The summed E-state index contributed by atoms with van der Waals surface area (Å²) in [5.41, 5.74) is 3.98. The van der Waals surface area contributed by atoms with Crippen molar-refractivity contribution in [2.24, 2.45) is 5.84 Å². The standard InChI is InChI=1S/C10H15ClN2/c1-2-3-10(13-12)8-4-6-9(11)7-5-8/h4-7,10,13H,2-3,12H2,1H3/t10-/m1/s1. The molecule has 72 valence electrons. The van der Waals surface area contributed by atoms with Crippen LogP contribution in [0.4, 0.5) is 0 Å². The minimum atomic E-state index is 0.238. The molecule has 13 heavy (non-hydrogen) atoms. The Bertz CT molecular complexity index is 246. The highest BCUT2D eigenvalue weighted by molar-refractivity contribution is 6.30. The Morgan fingerprint density at radius 1 is 1.38 bits per heavy atom. The van der Waals surface area contributed by atoms with Gasteiger partial charge >= 0.3 is 0 Å². The number of hydrogen-bond acceptors (Lipinski definition) is 2. The van der Waals surface area contributed by atoms with Crippen molar-refractivity contribution in [2.45, 2.75) is 25.8 Å². The summed E-state index contributed by atoms with van der Waals surface area (Å²) < 4.78 is 0. The molecule has 2 nitrogen and oxygen atoms in total. The molecule has 1 aromatic carbocycles. The predicted octanol–water partition coefficient (Wildman–Crippen LogP) is 2.64. The van der Waals surface area contributed by atoms with Crippen LogP contribution in [0.5, 0.6) is 0 Å². The van der Waals surface area contributed by atoms with Crippen LogP contribution in [0.1, 0.15) is 31.4 Å². The van der Waals surface area contributed by atoms with Crippen molar-refractivity contribution in [1.29, 1.82) is 0 Å². The number of nitrogens with two attached hydrogens (primary N) is 1. The highest BCUT2D eigenvalue weighted by Gasteiger charge is 2.06. The van der Waals surface area contributed by atoms with Gasteiger partial charge in [0.1, 0.15) is 0 Å². The SMILES string of the molecule is CCC[C@@H](NN)c1ccc(Cl)cc1. The average molecular weight is 199 g/mol. The fourth-order valence-corrected chi connectivity index (χ4v) is 1.46. The molecule has 0 saturated carbocycles. The van der Waals surface area contributed by atoms with Crippen molar-refractivity contribution in [2.75, 3.05) is 0 Å². The maximum absolute atomic E-state index is 5.78.